The molecule has 0 spiro atoms. The minimum Gasteiger partial charge on any atom is -0.250 e. The molecule has 0 radical (unpaired) electrons. The maximum Gasteiger partial charge on any atom is 0.173 e. The third-order valence-electron chi connectivity index (χ3n) is 5.38. The number of hydrogen-bond donors (Lipinski definition) is 0. The Labute approximate surface area is 182 Å². The predicted octanol–water partition coefficient (Wildman–Crippen LogP) is 4.33. The Morgan fingerprint density at radius 1 is 0.600 bits per heavy atom. The van der Waals surface area contributed by atoms with Gasteiger partial charge in [-0.25, -0.2) is 4.21 Å². The first kappa shape index (κ1) is 20.3. The second-order valence-electron chi connectivity index (χ2n) is 7.32. The van der Waals surface area contributed by atoms with Crippen LogP contribution in [0.15, 0.2) is 131 Å². The molecule has 0 saturated carbocycles. The van der Waals surface area contributed by atoms with Crippen LogP contribution in [0.2, 0.25) is 0 Å². The predicted molar refractivity (Wildman–Crippen MR) is 131 cm³/mol. The monoisotopic (exact) mass is 424 g/mol. The average Bonchev–Trinajstić information content (AvgIpc) is 2.82. The summed E-state index contributed by atoms with van der Waals surface area (Å²) in [6.07, 6.45) is 0. The van der Waals surface area contributed by atoms with Gasteiger partial charge in [-0.15, -0.1) is 0 Å². The van der Waals surface area contributed by atoms with E-state index in [1.807, 2.05) is 54.8 Å². The summed E-state index contributed by atoms with van der Waals surface area (Å²) >= 11 is 0. The average molecular weight is 425 g/mol. The van der Waals surface area contributed by atoms with Gasteiger partial charge < -0.3 is 0 Å². The van der Waals surface area contributed by atoms with Crippen molar-refractivity contribution in [2.75, 3.05) is 0 Å². The van der Waals surface area contributed by atoms with E-state index in [1.165, 1.54) is 21.1 Å². The Morgan fingerprint density at radius 2 is 1.00 bits per heavy atom. The van der Waals surface area contributed by atoms with Gasteiger partial charge >= 0.3 is 0 Å². The van der Waals surface area contributed by atoms with Crippen LogP contribution in [-0.4, -0.2) is 12.3 Å². The van der Waals surface area contributed by atoms with Crippen LogP contribution >= 0.6 is 0 Å². The third-order valence-corrected chi connectivity index (χ3v) is 11.1. The summed E-state index contributed by atoms with van der Waals surface area (Å²) in [7, 11) is -3.71. The van der Waals surface area contributed by atoms with Crippen LogP contribution in [0.25, 0.3) is 0 Å². The fourth-order valence-electron chi connectivity index (χ4n) is 3.81. The van der Waals surface area contributed by atoms with Gasteiger partial charge in [0.15, 0.2) is 8.07 Å². The minimum absolute atomic E-state index is 0.828. The topological polar surface area (TPSA) is 17.1 Å². The Morgan fingerprint density at radius 3 is 1.40 bits per heavy atom. The standard InChI is InChI=1S/C27H24OSSi/c1-23-17-19-24(20-18-23)29(28)21-22-30(25-11-5-2-6-12-25,26-13-7-3-8-14-26)27-15-9-4-10-16-27/h2-22H,1H3/b22-21+. The van der Waals surface area contributed by atoms with E-state index >= 15 is 0 Å². The molecular weight excluding hydrogens is 400 g/mol. The maximum atomic E-state index is 13.1. The van der Waals surface area contributed by atoms with Crippen LogP contribution in [0.5, 0.6) is 0 Å². The molecular formula is C27H24OSSi. The fraction of sp³-hybridized carbons (Fsp3) is 0.0370. The van der Waals surface area contributed by atoms with Crippen LogP contribution in [0.3, 0.4) is 0 Å². The normalized spacial score (nSPS) is 12.7. The molecule has 0 aliphatic rings. The highest BCUT2D eigenvalue weighted by molar-refractivity contribution is 7.88. The van der Waals surface area contributed by atoms with Gasteiger partial charge in [-0.05, 0) is 34.6 Å². The Balaban J connectivity index is 1.91. The number of benzene rings is 4. The van der Waals surface area contributed by atoms with Crippen molar-refractivity contribution < 1.29 is 4.21 Å². The second-order valence-corrected chi connectivity index (χ2v) is 12.3. The zero-order chi connectivity index (χ0) is 20.8. The zero-order valence-corrected chi connectivity index (χ0v) is 18.8. The molecule has 148 valence electrons. The van der Waals surface area contributed by atoms with E-state index in [2.05, 4.69) is 78.5 Å². The van der Waals surface area contributed by atoms with E-state index in [9.17, 15) is 4.21 Å². The quantitative estimate of drug-likeness (QED) is 0.333. The molecule has 4 rings (SSSR count). The molecule has 3 heteroatoms. The minimum atomic E-state index is -2.50. The first-order valence-electron chi connectivity index (χ1n) is 10.0. The van der Waals surface area contributed by atoms with Crippen LogP contribution in [0, 0.1) is 6.92 Å². The van der Waals surface area contributed by atoms with Crippen molar-refractivity contribution >= 4 is 34.4 Å². The molecule has 0 aliphatic heterocycles. The molecule has 0 fully saturated rings. The molecule has 0 bridgehead atoms. The molecule has 1 atom stereocenters. The van der Waals surface area contributed by atoms with E-state index in [0.29, 0.717) is 0 Å². The van der Waals surface area contributed by atoms with Gasteiger partial charge in [0.25, 0.3) is 0 Å². The van der Waals surface area contributed by atoms with E-state index in [0.717, 1.165) is 4.90 Å². The Bertz CT molecular complexity index is 1040. The smallest absolute Gasteiger partial charge is 0.173 e. The summed E-state index contributed by atoms with van der Waals surface area (Å²) in [5.41, 5.74) is 3.41. The SMILES string of the molecule is Cc1ccc(S(=O)/C=C/[Si](c2ccccc2)(c2ccccc2)c2ccccc2)cc1. The summed E-state index contributed by atoms with van der Waals surface area (Å²) < 4.78 is 13.1. The third kappa shape index (κ3) is 4.13. The molecule has 1 nitrogen and oxygen atoms in total. The zero-order valence-electron chi connectivity index (χ0n) is 16.9. The molecule has 0 aromatic heterocycles. The first-order chi connectivity index (χ1) is 14.7. The van der Waals surface area contributed by atoms with Crippen LogP contribution in [-0.2, 0) is 10.8 Å². The van der Waals surface area contributed by atoms with Crippen LogP contribution in [0.4, 0.5) is 0 Å². The molecule has 1 unspecified atom stereocenters. The lowest BCUT2D eigenvalue weighted by molar-refractivity contribution is 0.688. The summed E-state index contributed by atoms with van der Waals surface area (Å²) in [5.74, 6) is 0. The van der Waals surface area contributed by atoms with E-state index in [4.69, 9.17) is 0 Å². The van der Waals surface area contributed by atoms with E-state index < -0.39 is 18.9 Å². The van der Waals surface area contributed by atoms with Gasteiger partial charge in [-0.1, -0.05) is 114 Å². The van der Waals surface area contributed by atoms with Crippen LogP contribution < -0.4 is 15.6 Å². The maximum absolute atomic E-state index is 13.1. The molecule has 0 amide bonds. The molecule has 0 N–H and O–H groups in total. The summed E-state index contributed by atoms with van der Waals surface area (Å²) in [6, 6.07) is 39.8. The largest absolute Gasteiger partial charge is 0.250 e. The van der Waals surface area contributed by atoms with Crippen molar-refractivity contribution in [3.63, 3.8) is 0 Å². The van der Waals surface area contributed by atoms with Gasteiger partial charge in [0.1, 0.15) is 0 Å². The van der Waals surface area contributed by atoms with Gasteiger partial charge in [0.05, 0.1) is 10.8 Å². The lowest BCUT2D eigenvalue weighted by Gasteiger charge is -2.30. The van der Waals surface area contributed by atoms with Crippen LogP contribution in [0.1, 0.15) is 5.56 Å². The van der Waals surface area contributed by atoms with Gasteiger partial charge in [-0.3, -0.25) is 0 Å². The van der Waals surface area contributed by atoms with Crippen molar-refractivity contribution in [2.24, 2.45) is 0 Å². The Kier molecular flexibility index (Phi) is 6.22. The summed E-state index contributed by atoms with van der Waals surface area (Å²) in [4.78, 5) is 0.828. The molecule has 4 aromatic rings. The van der Waals surface area contributed by atoms with Crippen molar-refractivity contribution in [3.05, 3.63) is 132 Å². The number of rotatable bonds is 6. The highest BCUT2D eigenvalue weighted by atomic mass is 32.2. The second kappa shape index (κ2) is 9.20. The van der Waals surface area contributed by atoms with E-state index in [-0.39, 0.29) is 0 Å². The Hall–Kier alpha value is -3.01. The van der Waals surface area contributed by atoms with Crippen molar-refractivity contribution in [1.29, 1.82) is 0 Å². The number of aryl methyl sites for hydroxylation is 1. The molecule has 0 saturated heterocycles. The summed E-state index contributed by atoms with van der Waals surface area (Å²) in [6.45, 7) is 2.04. The first-order valence-corrected chi connectivity index (χ1v) is 13.3. The molecule has 30 heavy (non-hydrogen) atoms. The van der Waals surface area contributed by atoms with Gasteiger partial charge in [-0.2, -0.15) is 0 Å². The van der Waals surface area contributed by atoms with E-state index in [1.54, 1.807) is 0 Å². The van der Waals surface area contributed by atoms with Gasteiger partial charge in [0, 0.05) is 10.3 Å². The van der Waals surface area contributed by atoms with Crippen molar-refractivity contribution in [2.45, 2.75) is 11.8 Å². The molecule has 0 aliphatic carbocycles. The summed E-state index contributed by atoms with van der Waals surface area (Å²) in [5, 5.41) is 5.72. The highest BCUT2D eigenvalue weighted by Gasteiger charge is 2.36. The number of hydrogen-bond acceptors (Lipinski definition) is 1. The van der Waals surface area contributed by atoms with Crippen molar-refractivity contribution in [3.8, 4) is 0 Å². The lowest BCUT2D eigenvalue weighted by Crippen LogP contribution is -2.66. The fourth-order valence-corrected chi connectivity index (χ4v) is 9.41. The highest BCUT2D eigenvalue weighted by Crippen LogP contribution is 2.14. The van der Waals surface area contributed by atoms with Gasteiger partial charge in [0.2, 0.25) is 0 Å². The van der Waals surface area contributed by atoms with Crippen molar-refractivity contribution in [1.82, 2.24) is 0 Å². The molecule has 4 aromatic carbocycles. The lowest BCUT2D eigenvalue weighted by atomic mass is 10.2. The molecule has 0 heterocycles.